The molecule has 6 aliphatic rings. The molecule has 2 aliphatic heterocycles. The normalized spacial score (nSPS) is 47.1. The van der Waals surface area contributed by atoms with Crippen LogP contribution in [-0.2, 0) is 14.3 Å². The summed E-state index contributed by atoms with van der Waals surface area (Å²) in [5.74, 6) is 2.82. The Hall–Kier alpha value is -1.17. The zero-order valence-electron chi connectivity index (χ0n) is 23.7. The van der Waals surface area contributed by atoms with E-state index in [0.29, 0.717) is 23.4 Å². The van der Waals surface area contributed by atoms with E-state index in [4.69, 9.17) is 9.47 Å². The van der Waals surface area contributed by atoms with E-state index in [1.807, 2.05) is 0 Å². The van der Waals surface area contributed by atoms with Gasteiger partial charge in [0.15, 0.2) is 6.10 Å². The molecule has 5 nitrogen and oxygen atoms in total. The van der Waals surface area contributed by atoms with E-state index < -0.39 is 0 Å². The number of carbonyl (C=O) groups is 1. The first-order valence-electron chi connectivity index (χ1n) is 15.4. The van der Waals surface area contributed by atoms with Crippen molar-refractivity contribution in [3.63, 3.8) is 0 Å². The lowest BCUT2D eigenvalue weighted by Crippen LogP contribution is -2.59. The fraction of sp³-hybridized carbons (Fsp3) is 0.844. The zero-order valence-corrected chi connectivity index (χ0v) is 23.7. The second-order valence-electron chi connectivity index (χ2n) is 14.1. The molecule has 9 atom stereocenters. The van der Waals surface area contributed by atoms with Crippen molar-refractivity contribution in [2.45, 2.75) is 90.3 Å². The number of fused-ring (bicyclic) bond motifs is 5. The Kier molecular flexibility index (Phi) is 6.89. The van der Waals surface area contributed by atoms with E-state index in [0.717, 1.165) is 55.1 Å². The second kappa shape index (κ2) is 9.78. The number of nitrogens with zero attached hydrogens (tertiary/aromatic N) is 2. The van der Waals surface area contributed by atoms with E-state index in [1.165, 1.54) is 64.5 Å². The number of hydrogen-bond acceptors (Lipinski definition) is 4. The predicted molar refractivity (Wildman–Crippen MR) is 147 cm³/mol. The maximum atomic E-state index is 12.5. The molecule has 3 saturated carbocycles. The number of likely N-dealkylation sites (tertiary alicyclic amines) is 1. The Morgan fingerprint density at radius 3 is 2.57 bits per heavy atom. The zero-order chi connectivity index (χ0) is 25.8. The van der Waals surface area contributed by atoms with Crippen molar-refractivity contribution >= 4 is 5.97 Å². The minimum Gasteiger partial charge on any atom is -0.456 e. The van der Waals surface area contributed by atoms with Gasteiger partial charge in [0.2, 0.25) is 0 Å². The van der Waals surface area contributed by atoms with Crippen LogP contribution in [0.25, 0.3) is 0 Å². The molecule has 2 heterocycles. The van der Waals surface area contributed by atoms with Crippen LogP contribution < -0.4 is 0 Å². The van der Waals surface area contributed by atoms with Crippen molar-refractivity contribution < 1.29 is 18.8 Å². The maximum Gasteiger partial charge on any atom is 0.303 e. The van der Waals surface area contributed by atoms with Crippen LogP contribution in [0, 0.1) is 34.5 Å². The van der Waals surface area contributed by atoms with Crippen molar-refractivity contribution in [2.24, 2.45) is 34.5 Å². The van der Waals surface area contributed by atoms with Gasteiger partial charge in [-0.05, 0) is 67.3 Å². The molecule has 0 spiro atoms. The van der Waals surface area contributed by atoms with Gasteiger partial charge in [-0.15, -0.1) is 0 Å². The summed E-state index contributed by atoms with van der Waals surface area (Å²) >= 11 is 0. The summed E-state index contributed by atoms with van der Waals surface area (Å²) in [4.78, 5) is 15.2. The van der Waals surface area contributed by atoms with Crippen LogP contribution in [0.5, 0.6) is 0 Å². The van der Waals surface area contributed by atoms with Gasteiger partial charge in [0.25, 0.3) is 0 Å². The molecule has 0 amide bonds. The lowest BCUT2D eigenvalue weighted by molar-refractivity contribution is -0.937. The van der Waals surface area contributed by atoms with E-state index in [-0.39, 0.29) is 17.5 Å². The third kappa shape index (κ3) is 4.17. The molecule has 4 aliphatic carbocycles. The van der Waals surface area contributed by atoms with Crippen LogP contribution in [0.3, 0.4) is 0 Å². The first-order chi connectivity index (χ1) is 17.8. The topological polar surface area (TPSA) is 38.8 Å². The number of allylic oxidation sites excluding steroid dienone is 1. The van der Waals surface area contributed by atoms with Crippen LogP contribution >= 0.6 is 0 Å². The van der Waals surface area contributed by atoms with Crippen LogP contribution in [0.1, 0.15) is 72.1 Å². The summed E-state index contributed by atoms with van der Waals surface area (Å²) in [7, 11) is 0. The van der Waals surface area contributed by atoms with E-state index in [2.05, 4.69) is 43.6 Å². The summed E-state index contributed by atoms with van der Waals surface area (Å²) in [6, 6.07) is 0.990. The molecule has 206 valence electrons. The quantitative estimate of drug-likeness (QED) is 0.288. The first-order valence-corrected chi connectivity index (χ1v) is 15.4. The highest BCUT2D eigenvalue weighted by molar-refractivity contribution is 5.66. The number of esters is 1. The fourth-order valence-corrected chi connectivity index (χ4v) is 10.8. The fourth-order valence-electron chi connectivity index (χ4n) is 10.8. The third-order valence-corrected chi connectivity index (χ3v) is 12.5. The molecule has 5 heteroatoms. The number of morpholine rings is 1. The number of rotatable bonds is 5. The second-order valence-corrected chi connectivity index (χ2v) is 14.1. The Bertz CT molecular complexity index is 906. The highest BCUT2D eigenvalue weighted by Crippen LogP contribution is 2.67. The summed E-state index contributed by atoms with van der Waals surface area (Å²) in [5.41, 5.74) is 0.474. The van der Waals surface area contributed by atoms with E-state index in [1.54, 1.807) is 6.92 Å². The van der Waals surface area contributed by atoms with E-state index >= 15 is 0 Å². The van der Waals surface area contributed by atoms with Crippen molar-refractivity contribution in [1.82, 2.24) is 4.90 Å². The molecule has 37 heavy (non-hydrogen) atoms. The summed E-state index contributed by atoms with van der Waals surface area (Å²) < 4.78 is 13.1. The van der Waals surface area contributed by atoms with Gasteiger partial charge in [-0.1, -0.05) is 32.6 Å². The number of carbonyl (C=O) groups excluding carboxylic acids is 1. The van der Waals surface area contributed by atoms with Crippen molar-refractivity contribution in [3.05, 3.63) is 24.8 Å². The first kappa shape index (κ1) is 26.1. The molecule has 0 aromatic carbocycles. The molecule has 4 unspecified atom stereocenters. The van der Waals surface area contributed by atoms with Crippen LogP contribution in [0.4, 0.5) is 0 Å². The predicted octanol–water partition coefficient (Wildman–Crippen LogP) is 5.21. The highest BCUT2D eigenvalue weighted by atomic mass is 16.5. The monoisotopic (exact) mass is 511 g/mol. The van der Waals surface area contributed by atoms with Gasteiger partial charge in [-0.2, -0.15) is 0 Å². The minimum absolute atomic E-state index is 0.0480. The SMILES string of the molecule is C=CC[N+]1([C@H]2CC3C4CCC5C=C[C@@H](N6CCOCC6)C[C@]5(C)C4CC[C@]3(C)[C@H]2OC(C)=O)CCCC1. The van der Waals surface area contributed by atoms with Gasteiger partial charge in [0, 0.05) is 50.7 Å². The smallest absolute Gasteiger partial charge is 0.303 e. The summed E-state index contributed by atoms with van der Waals surface area (Å²) in [6.07, 6.45) is 17.6. The molecule has 6 rings (SSSR count). The number of ether oxygens (including phenoxy) is 2. The van der Waals surface area contributed by atoms with Crippen molar-refractivity contribution in [3.8, 4) is 0 Å². The lowest BCUT2D eigenvalue weighted by atomic mass is 9.46. The Balaban J connectivity index is 1.30. The number of quaternary nitrogens is 1. The van der Waals surface area contributed by atoms with Gasteiger partial charge >= 0.3 is 5.97 Å². The van der Waals surface area contributed by atoms with Gasteiger partial charge < -0.3 is 14.0 Å². The molecule has 5 fully saturated rings. The lowest BCUT2D eigenvalue weighted by Gasteiger charge is -2.60. The average molecular weight is 512 g/mol. The third-order valence-electron chi connectivity index (χ3n) is 12.5. The molecular weight excluding hydrogens is 460 g/mol. The Morgan fingerprint density at radius 2 is 1.86 bits per heavy atom. The molecular formula is C32H51N2O3+. The van der Waals surface area contributed by atoms with Gasteiger partial charge in [0.1, 0.15) is 6.04 Å². The molecule has 0 N–H and O–H groups in total. The Morgan fingerprint density at radius 1 is 1.11 bits per heavy atom. The molecule has 0 radical (unpaired) electrons. The molecule has 0 aromatic heterocycles. The largest absolute Gasteiger partial charge is 0.456 e. The molecule has 0 bridgehead atoms. The Labute approximate surface area is 225 Å². The highest BCUT2D eigenvalue weighted by Gasteiger charge is 2.67. The standard InChI is InChI=1S/C32H51N2O3/c1-5-16-34(17-6-7-18-34)29-21-28-26-11-9-24-8-10-25(33-14-19-36-20-15-33)22-32(24,4)27(26)12-13-31(28,3)30(29)37-23(2)35/h5,8,10,24-30H,1,6-7,9,11-22H2,2-4H3/q+1/t24?,25-,26?,27?,28?,29+,30+,31+,32+/m1/s1. The molecule has 0 aromatic rings. The number of hydrogen-bond donors (Lipinski definition) is 0. The summed E-state index contributed by atoms with van der Waals surface area (Å²) in [6.45, 7) is 18.3. The molecule has 2 saturated heterocycles. The van der Waals surface area contributed by atoms with Crippen molar-refractivity contribution in [2.75, 3.05) is 45.9 Å². The van der Waals surface area contributed by atoms with Crippen LogP contribution in [0.15, 0.2) is 24.8 Å². The van der Waals surface area contributed by atoms with Gasteiger partial charge in [0.05, 0.1) is 32.8 Å². The van der Waals surface area contributed by atoms with Gasteiger partial charge in [-0.3, -0.25) is 9.69 Å². The minimum atomic E-state index is -0.0867. The average Bonchev–Trinajstić information content (AvgIpc) is 3.47. The van der Waals surface area contributed by atoms with Gasteiger partial charge in [-0.25, -0.2) is 0 Å². The maximum absolute atomic E-state index is 12.5. The summed E-state index contributed by atoms with van der Waals surface area (Å²) in [5, 5.41) is 0. The van der Waals surface area contributed by atoms with Crippen LogP contribution in [-0.4, -0.2) is 79.5 Å². The van der Waals surface area contributed by atoms with E-state index in [9.17, 15) is 4.79 Å². The van der Waals surface area contributed by atoms with Crippen LogP contribution in [0.2, 0.25) is 0 Å². The van der Waals surface area contributed by atoms with Crippen molar-refractivity contribution in [1.29, 1.82) is 0 Å².